The second-order valence-electron chi connectivity index (χ2n) is 8.95. The first-order valence-electron chi connectivity index (χ1n) is 10.7. The minimum atomic E-state index is -2.96. The van der Waals surface area contributed by atoms with Gasteiger partial charge in [0.05, 0.1) is 0 Å². The molecule has 0 spiro atoms. The van der Waals surface area contributed by atoms with Crippen molar-refractivity contribution in [2.75, 3.05) is 6.61 Å². The molecule has 0 amide bonds. The molecule has 0 aliphatic carbocycles. The Kier molecular flexibility index (Phi) is 7.33. The summed E-state index contributed by atoms with van der Waals surface area (Å²) in [5, 5.41) is 2.79. The number of esters is 1. The highest BCUT2D eigenvalue weighted by Crippen LogP contribution is 2.48. The average molecular weight is 468 g/mol. The van der Waals surface area contributed by atoms with E-state index in [2.05, 4.69) is 105 Å². The molecule has 0 radical (unpaired) electrons. The van der Waals surface area contributed by atoms with E-state index in [4.69, 9.17) is 0 Å². The summed E-state index contributed by atoms with van der Waals surface area (Å²) in [6.07, 6.45) is 0.839. The summed E-state index contributed by atoms with van der Waals surface area (Å²) in [6, 6.07) is 26.9. The molecule has 0 saturated carbocycles. The molecule has 0 aliphatic heterocycles. The number of hydrogen-bond donors (Lipinski definition) is 0. The maximum absolute atomic E-state index is 11.9. The van der Waals surface area contributed by atoms with Crippen LogP contribution in [0.5, 0.6) is 0 Å². The molecule has 0 saturated heterocycles. The summed E-state index contributed by atoms with van der Waals surface area (Å²) >= 11 is 0. The normalized spacial score (nSPS) is 11.7. The van der Waals surface area contributed by atoms with Crippen LogP contribution in [0.1, 0.15) is 33.3 Å². The van der Waals surface area contributed by atoms with Gasteiger partial charge in [0.1, 0.15) is 0 Å². The van der Waals surface area contributed by atoms with E-state index in [0.29, 0.717) is 6.92 Å². The molecule has 0 atom stereocenters. The number of thiophene rings is 1. The van der Waals surface area contributed by atoms with Crippen LogP contribution in [-0.4, -0.2) is 18.5 Å². The van der Waals surface area contributed by atoms with Crippen molar-refractivity contribution >= 4 is 36.6 Å². The number of rotatable bonds is 4. The van der Waals surface area contributed by atoms with E-state index < -0.39 is 18.5 Å². The van der Waals surface area contributed by atoms with Crippen molar-refractivity contribution in [2.45, 2.75) is 39.0 Å². The van der Waals surface area contributed by atoms with Crippen LogP contribution >= 0.6 is 10.5 Å². The van der Waals surface area contributed by atoms with E-state index in [1.54, 1.807) is 0 Å². The zero-order chi connectivity index (χ0) is 24.2. The number of fused-ring (bicyclic) bond motifs is 3. The largest absolute Gasteiger partial charge is 0.456 e. The van der Waals surface area contributed by atoms with Crippen molar-refractivity contribution in [3.63, 3.8) is 0 Å². The van der Waals surface area contributed by atoms with Crippen molar-refractivity contribution in [2.24, 2.45) is 0 Å². The highest BCUT2D eigenvalue weighted by molar-refractivity contribution is 7.50. The number of alkyl halides is 2. The summed E-state index contributed by atoms with van der Waals surface area (Å²) in [5.74, 6) is -3.79. The van der Waals surface area contributed by atoms with Gasteiger partial charge in [-0.2, -0.15) is 0 Å². The Morgan fingerprint density at radius 2 is 1.36 bits per heavy atom. The number of benzene rings is 3. The maximum atomic E-state index is 11.9. The molecule has 0 bridgehead atoms. The molecule has 3 aromatic carbocycles. The topological polar surface area (TPSA) is 26.3 Å². The monoisotopic (exact) mass is 467 g/mol. The van der Waals surface area contributed by atoms with Crippen LogP contribution in [0.3, 0.4) is 0 Å². The minimum Gasteiger partial charge on any atom is -0.456 e. The fraction of sp³-hybridized carbons (Fsp3) is 0.250. The van der Waals surface area contributed by atoms with Crippen molar-refractivity contribution in [1.82, 2.24) is 0 Å². The van der Waals surface area contributed by atoms with Gasteiger partial charge in [0, 0.05) is 34.2 Å². The van der Waals surface area contributed by atoms with E-state index in [9.17, 15) is 13.6 Å². The first-order valence-corrected chi connectivity index (χ1v) is 11.9. The SMILES string of the molecule is C=CC(=O)OCC(C)(F)F.CC(C)(C)c1ccc(-[s+]2c3ccccc3c3ccccc32)cc1. The zero-order valence-electron chi connectivity index (χ0n) is 19.4. The third-order valence-corrected chi connectivity index (χ3v) is 7.43. The molecule has 172 valence electrons. The quantitative estimate of drug-likeness (QED) is 0.171. The Morgan fingerprint density at radius 3 is 1.79 bits per heavy atom. The Bertz CT molecular complexity index is 1210. The molecule has 5 heteroatoms. The second kappa shape index (κ2) is 9.84. The van der Waals surface area contributed by atoms with Gasteiger partial charge in [-0.3, -0.25) is 0 Å². The summed E-state index contributed by atoms with van der Waals surface area (Å²) in [5.41, 5.74) is 1.60. The maximum Gasteiger partial charge on any atom is 0.330 e. The summed E-state index contributed by atoms with van der Waals surface area (Å²) in [6.45, 7) is 9.63. The van der Waals surface area contributed by atoms with Gasteiger partial charge in [0.25, 0.3) is 5.92 Å². The molecule has 0 fully saturated rings. The number of ether oxygens (including phenoxy) is 1. The van der Waals surface area contributed by atoms with E-state index in [0.717, 1.165) is 6.08 Å². The van der Waals surface area contributed by atoms with Gasteiger partial charge >= 0.3 is 5.97 Å². The molecule has 1 heterocycles. The van der Waals surface area contributed by atoms with E-state index >= 15 is 0 Å². The van der Waals surface area contributed by atoms with Gasteiger partial charge in [0.2, 0.25) is 0 Å². The lowest BCUT2D eigenvalue weighted by molar-refractivity contribution is -0.147. The fourth-order valence-electron chi connectivity index (χ4n) is 3.45. The lowest BCUT2D eigenvalue weighted by Gasteiger charge is -2.18. The molecule has 33 heavy (non-hydrogen) atoms. The summed E-state index contributed by atoms with van der Waals surface area (Å²) in [4.78, 5) is 11.6. The molecule has 0 aliphatic rings. The Hall–Kier alpha value is -3.05. The number of carbonyl (C=O) groups excluding carboxylic acids is 1. The van der Waals surface area contributed by atoms with Crippen molar-refractivity contribution in [1.29, 1.82) is 0 Å². The van der Waals surface area contributed by atoms with E-state index in [-0.39, 0.29) is 15.9 Å². The van der Waals surface area contributed by atoms with Crippen LogP contribution in [-0.2, 0) is 14.9 Å². The number of hydrogen-bond acceptors (Lipinski definition) is 2. The van der Waals surface area contributed by atoms with Gasteiger partial charge in [-0.15, -0.1) is 0 Å². The van der Waals surface area contributed by atoms with Crippen LogP contribution < -0.4 is 0 Å². The Morgan fingerprint density at radius 1 is 0.879 bits per heavy atom. The zero-order valence-corrected chi connectivity index (χ0v) is 20.2. The number of halogens is 2. The second-order valence-corrected chi connectivity index (χ2v) is 10.9. The Balaban J connectivity index is 0.000000262. The molecule has 0 N–H and O–H groups in total. The molecular weight excluding hydrogens is 438 g/mol. The third kappa shape index (κ3) is 6.05. The van der Waals surface area contributed by atoms with Crippen LogP contribution in [0.2, 0.25) is 0 Å². The van der Waals surface area contributed by atoms with Gasteiger partial charge in [-0.25, -0.2) is 13.6 Å². The molecule has 0 unspecified atom stereocenters. The van der Waals surface area contributed by atoms with Crippen molar-refractivity contribution in [3.8, 4) is 4.90 Å². The smallest absolute Gasteiger partial charge is 0.330 e. The summed E-state index contributed by atoms with van der Waals surface area (Å²) < 4.78 is 30.8. The molecule has 1 aromatic heterocycles. The van der Waals surface area contributed by atoms with Crippen molar-refractivity contribution < 1.29 is 18.3 Å². The van der Waals surface area contributed by atoms with E-state index in [1.165, 1.54) is 30.6 Å². The third-order valence-electron chi connectivity index (χ3n) is 5.09. The fourth-order valence-corrected chi connectivity index (χ4v) is 5.83. The first-order chi connectivity index (χ1) is 15.5. The minimum absolute atomic E-state index is 0.0244. The molecule has 2 nitrogen and oxygen atoms in total. The number of carbonyl (C=O) groups is 1. The van der Waals surface area contributed by atoms with Crippen molar-refractivity contribution in [3.05, 3.63) is 91.0 Å². The van der Waals surface area contributed by atoms with Crippen LogP contribution in [0, 0.1) is 0 Å². The van der Waals surface area contributed by atoms with Crippen LogP contribution in [0.4, 0.5) is 8.78 Å². The average Bonchev–Trinajstić information content (AvgIpc) is 3.11. The lowest BCUT2D eigenvalue weighted by atomic mass is 9.87. The first kappa shape index (κ1) is 24.6. The van der Waals surface area contributed by atoms with Crippen LogP contribution in [0.25, 0.3) is 25.1 Å². The van der Waals surface area contributed by atoms with Gasteiger partial charge < -0.3 is 4.74 Å². The highest BCUT2D eigenvalue weighted by atomic mass is 32.2. The lowest BCUT2D eigenvalue weighted by Crippen LogP contribution is -2.20. The predicted octanol–water partition coefficient (Wildman–Crippen LogP) is 8.40. The van der Waals surface area contributed by atoms with Gasteiger partial charge in [-0.05, 0) is 47.4 Å². The van der Waals surface area contributed by atoms with E-state index in [1.807, 2.05) is 0 Å². The highest BCUT2D eigenvalue weighted by Gasteiger charge is 2.24. The molecular formula is C28H29F2O2S+. The predicted molar refractivity (Wildman–Crippen MR) is 136 cm³/mol. The summed E-state index contributed by atoms with van der Waals surface area (Å²) in [7, 11) is 0.0244. The standard InChI is InChI=1S/C22H21S.C6H8F2O2/c1-22(2,3)16-12-14-17(15-13-16)23-20-10-6-4-8-18(20)19-9-5-7-11-21(19)23;1-3-5(9)10-4-6(2,7)8/h4-15H,1-3H3;3H,1,4H2,2H3/q+1;. The van der Waals surface area contributed by atoms with Crippen LogP contribution in [0.15, 0.2) is 85.5 Å². The Labute approximate surface area is 196 Å². The molecule has 4 aromatic rings. The van der Waals surface area contributed by atoms with Gasteiger partial charge in [0.15, 0.2) is 20.9 Å². The van der Waals surface area contributed by atoms with Gasteiger partial charge in [-0.1, -0.05) is 63.7 Å². The molecule has 4 rings (SSSR count).